The fourth-order valence-electron chi connectivity index (χ4n) is 1.96. The predicted molar refractivity (Wildman–Crippen MR) is 87.0 cm³/mol. The molecule has 0 aromatic heterocycles. The normalized spacial score (nSPS) is 18.5. The smallest absolute Gasteiger partial charge is 0.222 e. The minimum atomic E-state index is 0.0164. The lowest BCUT2D eigenvalue weighted by molar-refractivity contribution is -0.123. The zero-order valence-corrected chi connectivity index (χ0v) is 14.0. The number of rotatable bonds is 9. The van der Waals surface area contributed by atoms with Crippen molar-refractivity contribution in [2.75, 3.05) is 46.5 Å². The molecular formula is C15H30N4O3. The van der Waals surface area contributed by atoms with Gasteiger partial charge in [0.05, 0.1) is 12.7 Å². The van der Waals surface area contributed by atoms with E-state index in [0.717, 1.165) is 45.2 Å². The highest BCUT2D eigenvalue weighted by molar-refractivity contribution is 5.80. The van der Waals surface area contributed by atoms with E-state index in [-0.39, 0.29) is 17.9 Å². The van der Waals surface area contributed by atoms with E-state index in [1.165, 1.54) is 0 Å². The average molecular weight is 314 g/mol. The molecule has 1 aliphatic rings. The fourth-order valence-corrected chi connectivity index (χ4v) is 1.96. The Morgan fingerprint density at radius 1 is 1.27 bits per heavy atom. The summed E-state index contributed by atoms with van der Waals surface area (Å²) in [6.45, 7) is 8.04. The maximum atomic E-state index is 11.4. The van der Waals surface area contributed by atoms with Crippen molar-refractivity contribution in [1.82, 2.24) is 16.0 Å². The number of ether oxygens (including phenoxy) is 2. The second-order valence-corrected chi connectivity index (χ2v) is 5.58. The van der Waals surface area contributed by atoms with Gasteiger partial charge in [-0.1, -0.05) is 13.8 Å². The molecular weight excluding hydrogens is 284 g/mol. The molecule has 0 aromatic carbocycles. The van der Waals surface area contributed by atoms with Gasteiger partial charge < -0.3 is 25.4 Å². The Morgan fingerprint density at radius 2 is 2.00 bits per heavy atom. The van der Waals surface area contributed by atoms with Gasteiger partial charge in [0.1, 0.15) is 0 Å². The second-order valence-electron chi connectivity index (χ2n) is 5.58. The standard InChI is InChI=1S/C15H30N4O3/c1-12(2)14(20)17-7-8-19-15(16-3)18-6-4-9-22-13-5-10-21-11-13/h12-13H,4-11H2,1-3H3,(H,17,20)(H2,16,18,19). The van der Waals surface area contributed by atoms with E-state index in [1.54, 1.807) is 7.05 Å². The van der Waals surface area contributed by atoms with E-state index in [9.17, 15) is 4.79 Å². The number of aliphatic imine (C=N–C) groups is 1. The van der Waals surface area contributed by atoms with Gasteiger partial charge in [-0.3, -0.25) is 9.79 Å². The molecule has 1 rings (SSSR count). The summed E-state index contributed by atoms with van der Waals surface area (Å²) >= 11 is 0. The van der Waals surface area contributed by atoms with Crippen molar-refractivity contribution in [3.05, 3.63) is 0 Å². The number of nitrogens with zero attached hydrogens (tertiary/aromatic N) is 1. The first-order valence-electron chi connectivity index (χ1n) is 8.05. The minimum Gasteiger partial charge on any atom is -0.379 e. The number of amides is 1. The summed E-state index contributed by atoms with van der Waals surface area (Å²) in [5, 5.41) is 9.23. The van der Waals surface area contributed by atoms with Gasteiger partial charge in [-0.05, 0) is 12.8 Å². The number of hydrogen-bond donors (Lipinski definition) is 3. The van der Waals surface area contributed by atoms with Crippen LogP contribution >= 0.6 is 0 Å². The van der Waals surface area contributed by atoms with E-state index in [2.05, 4.69) is 20.9 Å². The van der Waals surface area contributed by atoms with E-state index in [4.69, 9.17) is 9.47 Å². The minimum absolute atomic E-state index is 0.0164. The van der Waals surface area contributed by atoms with Crippen LogP contribution in [0.4, 0.5) is 0 Å². The molecule has 0 saturated carbocycles. The lowest BCUT2D eigenvalue weighted by atomic mass is 10.2. The van der Waals surface area contributed by atoms with Crippen LogP contribution in [0.2, 0.25) is 0 Å². The van der Waals surface area contributed by atoms with E-state index in [1.807, 2.05) is 13.8 Å². The van der Waals surface area contributed by atoms with E-state index < -0.39 is 0 Å². The molecule has 22 heavy (non-hydrogen) atoms. The maximum Gasteiger partial charge on any atom is 0.222 e. The summed E-state index contributed by atoms with van der Waals surface area (Å²) < 4.78 is 10.9. The molecule has 1 aliphatic heterocycles. The highest BCUT2D eigenvalue weighted by atomic mass is 16.5. The summed E-state index contributed by atoms with van der Waals surface area (Å²) in [6, 6.07) is 0. The summed E-state index contributed by atoms with van der Waals surface area (Å²) in [4.78, 5) is 15.5. The third-order valence-electron chi connectivity index (χ3n) is 3.32. The molecule has 0 bridgehead atoms. The van der Waals surface area contributed by atoms with Crippen molar-refractivity contribution in [3.8, 4) is 0 Å². The van der Waals surface area contributed by atoms with Crippen LogP contribution in [0.1, 0.15) is 26.7 Å². The Hall–Kier alpha value is -1.34. The SMILES string of the molecule is CN=C(NCCCOC1CCOC1)NCCNC(=O)C(C)C. The molecule has 1 heterocycles. The van der Waals surface area contributed by atoms with Crippen LogP contribution in [-0.2, 0) is 14.3 Å². The second kappa shape index (κ2) is 11.3. The van der Waals surface area contributed by atoms with Gasteiger partial charge in [0.25, 0.3) is 0 Å². The van der Waals surface area contributed by atoms with Gasteiger partial charge in [-0.2, -0.15) is 0 Å². The molecule has 128 valence electrons. The predicted octanol–water partition coefficient (Wildman–Crippen LogP) is 0.119. The topological polar surface area (TPSA) is 84.0 Å². The van der Waals surface area contributed by atoms with Crippen molar-refractivity contribution >= 4 is 11.9 Å². The molecule has 1 atom stereocenters. The molecule has 0 spiro atoms. The van der Waals surface area contributed by atoms with Gasteiger partial charge in [0, 0.05) is 45.8 Å². The Balaban J connectivity index is 1.98. The molecule has 0 aliphatic carbocycles. The first-order chi connectivity index (χ1) is 10.6. The van der Waals surface area contributed by atoms with Gasteiger partial charge in [0.2, 0.25) is 5.91 Å². The lowest BCUT2D eigenvalue weighted by Gasteiger charge is -2.14. The van der Waals surface area contributed by atoms with E-state index in [0.29, 0.717) is 13.1 Å². The summed E-state index contributed by atoms with van der Waals surface area (Å²) in [6.07, 6.45) is 2.18. The van der Waals surface area contributed by atoms with Gasteiger partial charge >= 0.3 is 0 Å². The number of hydrogen-bond acceptors (Lipinski definition) is 4. The molecule has 1 unspecified atom stereocenters. The lowest BCUT2D eigenvalue weighted by Crippen LogP contribution is -2.42. The average Bonchev–Trinajstić information content (AvgIpc) is 3.01. The molecule has 3 N–H and O–H groups in total. The molecule has 1 amide bonds. The van der Waals surface area contributed by atoms with Crippen LogP contribution in [0, 0.1) is 5.92 Å². The molecule has 7 nitrogen and oxygen atoms in total. The molecule has 7 heteroatoms. The highest BCUT2D eigenvalue weighted by Crippen LogP contribution is 2.07. The molecule has 1 fully saturated rings. The molecule has 1 saturated heterocycles. The van der Waals surface area contributed by atoms with Gasteiger partial charge in [-0.15, -0.1) is 0 Å². The highest BCUT2D eigenvalue weighted by Gasteiger charge is 2.15. The zero-order chi connectivity index (χ0) is 16.2. The first kappa shape index (κ1) is 18.7. The van der Waals surface area contributed by atoms with Crippen LogP contribution in [-0.4, -0.2) is 64.5 Å². The quantitative estimate of drug-likeness (QED) is 0.320. The van der Waals surface area contributed by atoms with Crippen LogP contribution in [0.15, 0.2) is 4.99 Å². The largest absolute Gasteiger partial charge is 0.379 e. The third kappa shape index (κ3) is 8.19. The summed E-state index contributed by atoms with van der Waals surface area (Å²) in [7, 11) is 1.73. The number of nitrogens with one attached hydrogen (secondary N) is 3. The number of carbonyl (C=O) groups is 1. The van der Waals surface area contributed by atoms with Gasteiger partial charge in [-0.25, -0.2) is 0 Å². The Morgan fingerprint density at radius 3 is 2.64 bits per heavy atom. The van der Waals surface area contributed by atoms with Crippen molar-refractivity contribution in [2.24, 2.45) is 10.9 Å². The van der Waals surface area contributed by atoms with Crippen molar-refractivity contribution in [2.45, 2.75) is 32.8 Å². The van der Waals surface area contributed by atoms with Crippen LogP contribution in [0.5, 0.6) is 0 Å². The monoisotopic (exact) mass is 314 g/mol. The van der Waals surface area contributed by atoms with Crippen molar-refractivity contribution < 1.29 is 14.3 Å². The van der Waals surface area contributed by atoms with E-state index >= 15 is 0 Å². The zero-order valence-electron chi connectivity index (χ0n) is 14.0. The Labute approximate surface area is 133 Å². The summed E-state index contributed by atoms with van der Waals surface area (Å²) in [5.41, 5.74) is 0. The van der Waals surface area contributed by atoms with Crippen LogP contribution in [0.25, 0.3) is 0 Å². The Kier molecular flexibility index (Phi) is 9.57. The molecule has 0 aromatic rings. The first-order valence-corrected chi connectivity index (χ1v) is 8.05. The molecule has 0 radical (unpaired) electrons. The van der Waals surface area contributed by atoms with Crippen molar-refractivity contribution in [1.29, 1.82) is 0 Å². The Bertz CT molecular complexity index is 342. The van der Waals surface area contributed by atoms with Gasteiger partial charge in [0.15, 0.2) is 5.96 Å². The number of carbonyl (C=O) groups excluding carboxylic acids is 1. The third-order valence-corrected chi connectivity index (χ3v) is 3.32. The van der Waals surface area contributed by atoms with Crippen molar-refractivity contribution in [3.63, 3.8) is 0 Å². The summed E-state index contributed by atoms with van der Waals surface area (Å²) in [5.74, 6) is 0.823. The van der Waals surface area contributed by atoms with Crippen LogP contribution < -0.4 is 16.0 Å². The number of guanidine groups is 1. The van der Waals surface area contributed by atoms with Crippen LogP contribution in [0.3, 0.4) is 0 Å². The maximum absolute atomic E-state index is 11.4. The fraction of sp³-hybridized carbons (Fsp3) is 0.867.